The number of aromatic nitrogens is 1. The monoisotopic (exact) mass is 294 g/mol. The summed E-state index contributed by atoms with van der Waals surface area (Å²) in [6.45, 7) is 0. The zero-order valence-electron chi connectivity index (χ0n) is 11.1. The van der Waals surface area contributed by atoms with Crippen LogP contribution in [0.4, 0.5) is 24.7 Å². The first-order valence-electron chi connectivity index (χ1n) is 6.00. The lowest BCUT2D eigenvalue weighted by Gasteiger charge is -2.19. The molecule has 0 saturated carbocycles. The van der Waals surface area contributed by atoms with E-state index in [1.54, 1.807) is 31.3 Å². The van der Waals surface area contributed by atoms with Gasteiger partial charge in [0, 0.05) is 24.5 Å². The Morgan fingerprint density at radius 3 is 2.33 bits per heavy atom. The van der Waals surface area contributed by atoms with Gasteiger partial charge >= 0.3 is 6.18 Å². The molecule has 0 spiro atoms. The number of hydrogen-bond acceptors (Lipinski definition) is 3. The lowest BCUT2D eigenvalue weighted by Crippen LogP contribution is -2.14. The smallest absolute Gasteiger partial charge is 0.384 e. The first-order valence-corrected chi connectivity index (χ1v) is 6.00. The first kappa shape index (κ1) is 14.8. The van der Waals surface area contributed by atoms with Crippen LogP contribution >= 0.6 is 0 Å². The van der Waals surface area contributed by atoms with Crippen molar-refractivity contribution in [3.05, 3.63) is 53.7 Å². The molecule has 0 amide bonds. The number of nitrogens with zero attached hydrogens (tertiary/aromatic N) is 2. The average molecular weight is 294 g/mol. The van der Waals surface area contributed by atoms with E-state index in [0.717, 1.165) is 18.3 Å². The second kappa shape index (κ2) is 5.43. The molecule has 2 aromatic rings. The van der Waals surface area contributed by atoms with E-state index in [1.807, 2.05) is 0 Å². The number of rotatable bonds is 3. The van der Waals surface area contributed by atoms with E-state index in [9.17, 15) is 13.2 Å². The van der Waals surface area contributed by atoms with Gasteiger partial charge in [0.25, 0.3) is 0 Å². The van der Waals surface area contributed by atoms with Crippen molar-refractivity contribution in [2.24, 2.45) is 5.73 Å². The minimum absolute atomic E-state index is 0.0682. The molecule has 0 fully saturated rings. The lowest BCUT2D eigenvalue weighted by atomic mass is 10.2. The van der Waals surface area contributed by atoms with Crippen LogP contribution in [-0.2, 0) is 6.18 Å². The summed E-state index contributed by atoms with van der Waals surface area (Å²) in [5.41, 5.74) is 5.79. The topological polar surface area (TPSA) is 66.0 Å². The van der Waals surface area contributed by atoms with Crippen LogP contribution in [0.15, 0.2) is 42.6 Å². The van der Waals surface area contributed by atoms with Gasteiger partial charge in [-0.1, -0.05) is 0 Å². The molecule has 21 heavy (non-hydrogen) atoms. The van der Waals surface area contributed by atoms with Gasteiger partial charge in [-0.25, -0.2) is 4.98 Å². The fourth-order valence-electron chi connectivity index (χ4n) is 1.78. The van der Waals surface area contributed by atoms with Gasteiger partial charge in [-0.15, -0.1) is 0 Å². The summed E-state index contributed by atoms with van der Waals surface area (Å²) < 4.78 is 38.1. The van der Waals surface area contributed by atoms with Crippen LogP contribution in [0, 0.1) is 5.41 Å². The van der Waals surface area contributed by atoms with Crippen LogP contribution in [0.3, 0.4) is 0 Å². The molecule has 110 valence electrons. The van der Waals surface area contributed by atoms with Crippen molar-refractivity contribution in [2.75, 3.05) is 11.9 Å². The molecule has 2 rings (SSSR count). The molecular weight excluding hydrogens is 281 g/mol. The number of nitrogen functional groups attached to an aromatic ring is 1. The molecule has 3 N–H and O–H groups in total. The predicted molar refractivity (Wildman–Crippen MR) is 74.8 cm³/mol. The van der Waals surface area contributed by atoms with Gasteiger partial charge in [-0.2, -0.15) is 13.2 Å². The lowest BCUT2D eigenvalue weighted by molar-refractivity contribution is -0.137. The molecule has 7 heteroatoms. The summed E-state index contributed by atoms with van der Waals surface area (Å²) in [7, 11) is 1.62. The van der Waals surface area contributed by atoms with Crippen LogP contribution < -0.4 is 10.6 Å². The fourth-order valence-corrected chi connectivity index (χ4v) is 1.78. The maximum atomic E-state index is 12.7. The van der Waals surface area contributed by atoms with Gasteiger partial charge in [0.05, 0.1) is 5.56 Å². The quantitative estimate of drug-likeness (QED) is 0.675. The van der Waals surface area contributed by atoms with E-state index in [4.69, 9.17) is 11.1 Å². The Labute approximate surface area is 119 Å². The Kier molecular flexibility index (Phi) is 3.84. The minimum atomic E-state index is -4.41. The summed E-state index contributed by atoms with van der Waals surface area (Å²) in [6.07, 6.45) is -3.28. The number of amidine groups is 1. The number of benzene rings is 1. The molecule has 0 aliphatic rings. The summed E-state index contributed by atoms with van der Waals surface area (Å²) >= 11 is 0. The second-order valence-electron chi connectivity index (χ2n) is 4.42. The number of anilines is 2. The zero-order chi connectivity index (χ0) is 15.6. The number of alkyl halides is 3. The molecule has 4 nitrogen and oxygen atoms in total. The highest BCUT2D eigenvalue weighted by Gasteiger charge is 2.31. The number of nitrogens with two attached hydrogens (primary N) is 1. The fraction of sp³-hybridized carbons (Fsp3) is 0.143. The summed E-state index contributed by atoms with van der Waals surface area (Å²) in [4.78, 5) is 5.47. The largest absolute Gasteiger partial charge is 0.416 e. The number of halogens is 3. The third kappa shape index (κ3) is 3.31. The van der Waals surface area contributed by atoms with Crippen LogP contribution in [0.25, 0.3) is 0 Å². The molecule has 1 heterocycles. The van der Waals surface area contributed by atoms with Crippen LogP contribution in [0.1, 0.15) is 11.1 Å². The van der Waals surface area contributed by atoms with Crippen molar-refractivity contribution in [1.29, 1.82) is 5.41 Å². The van der Waals surface area contributed by atoms with Gasteiger partial charge in [0.1, 0.15) is 11.7 Å². The normalized spacial score (nSPS) is 11.2. The first-order chi connectivity index (χ1) is 9.79. The molecule has 0 aliphatic heterocycles. The van der Waals surface area contributed by atoms with Crippen molar-refractivity contribution in [1.82, 2.24) is 4.98 Å². The minimum Gasteiger partial charge on any atom is -0.384 e. The van der Waals surface area contributed by atoms with E-state index >= 15 is 0 Å². The van der Waals surface area contributed by atoms with E-state index in [0.29, 0.717) is 11.3 Å². The number of pyridine rings is 1. The molecule has 1 aromatic heterocycles. The SMILES string of the molecule is CN(c1ccc(C(=N)N)cc1)c1cc(C(F)(F)F)ccn1. The Balaban J connectivity index is 2.31. The molecule has 0 saturated heterocycles. The van der Waals surface area contributed by atoms with Gasteiger partial charge in [0.2, 0.25) is 0 Å². The van der Waals surface area contributed by atoms with Crippen molar-refractivity contribution < 1.29 is 13.2 Å². The van der Waals surface area contributed by atoms with Crippen molar-refractivity contribution in [3.63, 3.8) is 0 Å². The van der Waals surface area contributed by atoms with Crippen LogP contribution in [0.2, 0.25) is 0 Å². The van der Waals surface area contributed by atoms with Crippen molar-refractivity contribution in [2.45, 2.75) is 6.18 Å². The summed E-state index contributed by atoms with van der Waals surface area (Å²) in [5, 5.41) is 7.30. The second-order valence-corrected chi connectivity index (χ2v) is 4.42. The molecule has 0 atom stereocenters. The third-order valence-electron chi connectivity index (χ3n) is 2.98. The summed E-state index contributed by atoms with van der Waals surface area (Å²) in [5.74, 6) is 0.113. The average Bonchev–Trinajstić information content (AvgIpc) is 2.46. The Bertz CT molecular complexity index is 650. The zero-order valence-corrected chi connectivity index (χ0v) is 11.1. The van der Waals surface area contributed by atoms with Gasteiger partial charge in [-0.3, -0.25) is 5.41 Å². The standard InChI is InChI=1S/C14H13F3N4/c1-21(11-4-2-9(3-5-11)13(18)19)12-8-10(6-7-20-12)14(15,16)17/h2-8H,1H3,(H3,18,19). The van der Waals surface area contributed by atoms with Gasteiger partial charge < -0.3 is 10.6 Å². The van der Waals surface area contributed by atoms with Crippen molar-refractivity contribution >= 4 is 17.3 Å². The molecular formula is C14H13F3N4. The summed E-state index contributed by atoms with van der Waals surface area (Å²) in [6, 6.07) is 8.50. The van der Waals surface area contributed by atoms with E-state index in [1.165, 1.54) is 4.90 Å². The maximum absolute atomic E-state index is 12.7. The van der Waals surface area contributed by atoms with Crippen LogP contribution in [-0.4, -0.2) is 17.9 Å². The van der Waals surface area contributed by atoms with E-state index in [-0.39, 0.29) is 11.7 Å². The van der Waals surface area contributed by atoms with Crippen LogP contribution in [0.5, 0.6) is 0 Å². The molecule has 0 radical (unpaired) electrons. The maximum Gasteiger partial charge on any atom is 0.416 e. The molecule has 1 aromatic carbocycles. The van der Waals surface area contributed by atoms with Gasteiger partial charge in [0.15, 0.2) is 0 Å². The molecule has 0 unspecified atom stereocenters. The van der Waals surface area contributed by atoms with E-state index in [2.05, 4.69) is 4.98 Å². The molecule has 0 aliphatic carbocycles. The Morgan fingerprint density at radius 1 is 1.19 bits per heavy atom. The third-order valence-corrected chi connectivity index (χ3v) is 2.98. The number of nitrogens with one attached hydrogen (secondary N) is 1. The number of hydrogen-bond donors (Lipinski definition) is 2. The van der Waals surface area contributed by atoms with E-state index < -0.39 is 11.7 Å². The Morgan fingerprint density at radius 2 is 1.81 bits per heavy atom. The van der Waals surface area contributed by atoms with Gasteiger partial charge in [-0.05, 0) is 36.4 Å². The highest BCUT2D eigenvalue weighted by Crippen LogP contribution is 2.32. The highest BCUT2D eigenvalue weighted by molar-refractivity contribution is 5.95. The van der Waals surface area contributed by atoms with Crippen molar-refractivity contribution in [3.8, 4) is 0 Å². The predicted octanol–water partition coefficient (Wildman–Crippen LogP) is 3.15. The molecule has 0 bridgehead atoms. The Hall–Kier alpha value is -2.57. The highest BCUT2D eigenvalue weighted by atomic mass is 19.4.